The number of rotatable bonds is 15. The van der Waals surface area contributed by atoms with Gasteiger partial charge in [0.2, 0.25) is 20.2 Å². The van der Waals surface area contributed by atoms with Crippen molar-refractivity contribution in [2.45, 2.75) is 101 Å². The molecule has 4 aromatic carbocycles. The molecule has 4 heterocycles. The average Bonchev–Trinajstić information content (AvgIpc) is 3.70. The Bertz CT molecular complexity index is 2430. The first-order valence-corrected chi connectivity index (χ1v) is 25.1. The molecule has 4 aliphatic rings. The van der Waals surface area contributed by atoms with Gasteiger partial charge >= 0.3 is 0 Å². The van der Waals surface area contributed by atoms with Crippen molar-refractivity contribution in [3.8, 4) is 5.75 Å². The number of amides is 3. The number of carbonyl (C=O) groups excluding carboxylic acids is 3. The summed E-state index contributed by atoms with van der Waals surface area (Å²) >= 11 is 0. The lowest BCUT2D eigenvalue weighted by Crippen LogP contribution is -2.49. The maximum atomic E-state index is 16.7. The molecule has 1 fully saturated rings. The summed E-state index contributed by atoms with van der Waals surface area (Å²) in [7, 11) is -3.71. The summed E-state index contributed by atoms with van der Waals surface area (Å²) in [6.07, 6.45) is 0.997. The molecule has 3 N–H and O–H groups in total. The predicted octanol–water partition coefficient (Wildman–Crippen LogP) is 6.60. The molecular weight excluding hydrogens is 838 g/mol. The SMILES string of the molecule is CCOc1ccc2c(c1)CC(NCCCCO)C(=O)N2c1ccc(CN2C(=O)[C@@]3(O[C@@H](CC(=O)N4Cc5ccccc5C[C@H]4CO)[C@H]([Si](C)(C)F)[C@H]3C)c3cc([N+](=O)[O-])ccc32)cc1. The average molecular weight is 894 g/mol. The molecule has 0 aromatic heterocycles. The van der Waals surface area contributed by atoms with Crippen molar-refractivity contribution in [2.75, 3.05) is 36.2 Å². The molecule has 338 valence electrons. The Hall–Kier alpha value is -5.52. The minimum absolute atomic E-state index is 0.0368. The van der Waals surface area contributed by atoms with Crippen LogP contribution in [0.15, 0.2) is 84.9 Å². The number of nitro benzene ring substituents is 1. The van der Waals surface area contributed by atoms with Crippen LogP contribution in [0.2, 0.25) is 18.6 Å². The zero-order valence-corrected chi connectivity index (χ0v) is 37.7. The summed E-state index contributed by atoms with van der Waals surface area (Å²) in [4.78, 5) is 60.0. The third kappa shape index (κ3) is 8.21. The Labute approximate surface area is 373 Å². The van der Waals surface area contributed by atoms with E-state index in [0.29, 0.717) is 61.5 Å². The molecule has 4 aromatic rings. The summed E-state index contributed by atoms with van der Waals surface area (Å²) < 4.78 is 29.3. The smallest absolute Gasteiger partial charge is 0.269 e. The number of ether oxygens (including phenoxy) is 2. The van der Waals surface area contributed by atoms with Gasteiger partial charge in [0.05, 0.1) is 60.7 Å². The highest BCUT2D eigenvalue weighted by molar-refractivity contribution is 6.72. The second-order valence-electron chi connectivity index (χ2n) is 17.9. The van der Waals surface area contributed by atoms with Gasteiger partial charge in [-0.05, 0) is 111 Å². The number of non-ortho nitro benzene ring substituents is 1. The molecule has 6 atom stereocenters. The van der Waals surface area contributed by atoms with Crippen LogP contribution in [0, 0.1) is 16.0 Å². The summed E-state index contributed by atoms with van der Waals surface area (Å²) in [6.45, 7) is 7.90. The van der Waals surface area contributed by atoms with E-state index < -0.39 is 54.5 Å². The monoisotopic (exact) mass is 893 g/mol. The number of aliphatic hydroxyl groups excluding tert-OH is 2. The highest BCUT2D eigenvalue weighted by Crippen LogP contribution is 2.61. The third-order valence-corrected chi connectivity index (χ3v) is 15.9. The number of unbranched alkanes of at least 4 members (excludes halogenated alkanes) is 1. The normalized spacial score (nSPS) is 23.9. The Morgan fingerprint density at radius 3 is 2.41 bits per heavy atom. The first-order chi connectivity index (χ1) is 30.7. The van der Waals surface area contributed by atoms with Gasteiger partial charge in [-0.25, -0.2) is 0 Å². The van der Waals surface area contributed by atoms with E-state index in [1.54, 1.807) is 16.7 Å². The van der Waals surface area contributed by atoms with E-state index in [1.807, 2.05) is 73.7 Å². The quantitative estimate of drug-likeness (QED) is 0.0388. The standard InChI is InChI=1S/C48H56FN5O9Si/c1-5-62-38-17-19-41-34(23-38)24-40(50-20-8-9-21-55)46(58)53(41)35-14-12-31(13-15-35)27-52-42-18-16-36(54(60)61)25-39(42)48(47(52)59)30(2)45(64(3,4)49)43(63-48)26-44(57)51-28-33-11-7-6-10-32(33)22-37(51)29-56/h6-7,10-19,23,25,30,37,40,43,45,50,55-56H,5,8-9,20-22,24,26-29H2,1-4H3/t30-,37+,40?,43+,45-,48+/m1/s1. The Balaban J connectivity index is 1.09. The highest BCUT2D eigenvalue weighted by atomic mass is 28.4. The van der Waals surface area contributed by atoms with E-state index in [4.69, 9.17) is 9.47 Å². The van der Waals surface area contributed by atoms with E-state index >= 15 is 8.90 Å². The molecule has 1 saturated heterocycles. The number of nitro groups is 1. The zero-order chi connectivity index (χ0) is 45.5. The molecule has 1 spiro atoms. The molecule has 3 amide bonds. The van der Waals surface area contributed by atoms with Crippen LogP contribution in [0.5, 0.6) is 5.75 Å². The molecule has 16 heteroatoms. The van der Waals surface area contributed by atoms with Gasteiger partial charge in [0.1, 0.15) is 5.75 Å². The largest absolute Gasteiger partial charge is 0.494 e. The molecule has 1 unspecified atom stereocenters. The number of aliphatic hydroxyl groups is 2. The van der Waals surface area contributed by atoms with Crippen LogP contribution in [0.3, 0.4) is 0 Å². The van der Waals surface area contributed by atoms with Crippen molar-refractivity contribution in [3.05, 3.63) is 123 Å². The van der Waals surface area contributed by atoms with Crippen LogP contribution in [0.25, 0.3) is 0 Å². The number of fused-ring (bicyclic) bond motifs is 4. The molecule has 0 saturated carbocycles. The number of nitrogens with one attached hydrogen (secondary N) is 1. The molecule has 64 heavy (non-hydrogen) atoms. The maximum Gasteiger partial charge on any atom is 0.269 e. The summed E-state index contributed by atoms with van der Waals surface area (Å²) in [5.41, 5.74) is 2.73. The molecule has 8 rings (SSSR count). The van der Waals surface area contributed by atoms with E-state index in [-0.39, 0.29) is 55.8 Å². The number of nitrogens with zero attached hydrogens (tertiary/aromatic N) is 4. The fourth-order valence-corrected chi connectivity index (χ4v) is 13.0. The highest BCUT2D eigenvalue weighted by Gasteiger charge is 2.67. The van der Waals surface area contributed by atoms with Gasteiger partial charge in [-0.2, -0.15) is 0 Å². The number of hydrogen-bond acceptors (Lipinski definition) is 10. The van der Waals surface area contributed by atoms with Gasteiger partial charge in [0, 0.05) is 48.0 Å². The van der Waals surface area contributed by atoms with Crippen molar-refractivity contribution in [1.82, 2.24) is 10.2 Å². The van der Waals surface area contributed by atoms with E-state index in [2.05, 4.69) is 5.32 Å². The van der Waals surface area contributed by atoms with Crippen molar-refractivity contribution in [2.24, 2.45) is 5.92 Å². The van der Waals surface area contributed by atoms with Crippen LogP contribution in [0.1, 0.15) is 60.9 Å². The van der Waals surface area contributed by atoms with Crippen LogP contribution < -0.4 is 19.9 Å². The number of anilines is 3. The lowest BCUT2D eigenvalue weighted by Gasteiger charge is -2.37. The van der Waals surface area contributed by atoms with E-state index in [0.717, 1.165) is 22.4 Å². The van der Waals surface area contributed by atoms with Crippen LogP contribution >= 0.6 is 0 Å². The maximum absolute atomic E-state index is 16.7. The van der Waals surface area contributed by atoms with Crippen LogP contribution in [0.4, 0.5) is 26.9 Å². The van der Waals surface area contributed by atoms with Crippen molar-refractivity contribution in [3.63, 3.8) is 0 Å². The number of halogens is 1. The topological polar surface area (TPSA) is 175 Å². The molecule has 0 radical (unpaired) electrons. The molecule has 0 aliphatic carbocycles. The van der Waals surface area contributed by atoms with Crippen LogP contribution in [-0.2, 0) is 50.7 Å². The molecule has 0 bridgehead atoms. The number of benzene rings is 4. The first-order valence-electron chi connectivity index (χ1n) is 22.2. The lowest BCUT2D eigenvalue weighted by molar-refractivity contribution is -0.385. The number of carbonyl (C=O) groups is 3. The van der Waals surface area contributed by atoms with Gasteiger partial charge < -0.3 is 38.9 Å². The van der Waals surface area contributed by atoms with Crippen molar-refractivity contribution < 1.29 is 43.1 Å². The Morgan fingerprint density at radius 1 is 0.984 bits per heavy atom. The first kappa shape index (κ1) is 45.1. The second-order valence-corrected chi connectivity index (χ2v) is 21.7. The van der Waals surface area contributed by atoms with Gasteiger partial charge in [-0.1, -0.05) is 43.3 Å². The fourth-order valence-electron chi connectivity index (χ4n) is 10.5. The molecule has 14 nitrogen and oxygen atoms in total. The lowest BCUT2D eigenvalue weighted by atomic mass is 9.82. The predicted molar refractivity (Wildman–Crippen MR) is 242 cm³/mol. The Kier molecular flexibility index (Phi) is 12.8. The summed E-state index contributed by atoms with van der Waals surface area (Å²) in [6, 6.07) is 23.9. The fraction of sp³-hybridized carbons (Fsp3) is 0.438. The summed E-state index contributed by atoms with van der Waals surface area (Å²) in [5.74, 6) is -1.06. The van der Waals surface area contributed by atoms with E-state index in [9.17, 15) is 29.9 Å². The van der Waals surface area contributed by atoms with Gasteiger partial charge in [0.25, 0.3) is 11.6 Å². The zero-order valence-electron chi connectivity index (χ0n) is 36.7. The van der Waals surface area contributed by atoms with Gasteiger partial charge in [0.15, 0.2) is 5.60 Å². The van der Waals surface area contributed by atoms with Crippen LogP contribution in [-0.4, -0.2) is 90.7 Å². The van der Waals surface area contributed by atoms with Gasteiger partial charge in [-0.15, -0.1) is 0 Å². The minimum Gasteiger partial charge on any atom is -0.494 e. The van der Waals surface area contributed by atoms with Crippen molar-refractivity contribution >= 4 is 48.9 Å². The minimum atomic E-state index is -3.71. The molecule has 4 aliphatic heterocycles. The number of hydrogen-bond donors (Lipinski definition) is 3. The van der Waals surface area contributed by atoms with Gasteiger partial charge in [-0.3, -0.25) is 29.4 Å². The third-order valence-electron chi connectivity index (χ3n) is 13.5. The van der Waals surface area contributed by atoms with E-state index in [1.165, 1.54) is 36.2 Å². The second kappa shape index (κ2) is 18.2. The summed E-state index contributed by atoms with van der Waals surface area (Å²) in [5, 5.41) is 35.2. The molecular formula is C48H56FN5O9Si. The van der Waals surface area contributed by atoms with Crippen molar-refractivity contribution in [1.29, 1.82) is 0 Å². The Morgan fingerprint density at radius 2 is 1.72 bits per heavy atom.